The molecule has 4 aromatic heterocycles. The van der Waals surface area contributed by atoms with E-state index in [1.54, 1.807) is 36.4 Å². The highest BCUT2D eigenvalue weighted by molar-refractivity contribution is 6.07. The van der Waals surface area contributed by atoms with Crippen LogP contribution in [-0.4, -0.2) is 88.2 Å². The Morgan fingerprint density at radius 1 is 1.14 bits per heavy atom. The molecule has 12 nitrogen and oxygen atoms in total. The van der Waals surface area contributed by atoms with Gasteiger partial charge in [-0.2, -0.15) is 10.4 Å². The Kier molecular flexibility index (Phi) is 9.05. The summed E-state index contributed by atoms with van der Waals surface area (Å²) >= 11 is 0. The molecule has 6 rings (SSSR count). The number of nitriles is 1. The molecule has 0 amide bonds. The maximum Gasteiger partial charge on any atom is 0.212 e. The van der Waals surface area contributed by atoms with Crippen molar-refractivity contribution in [1.29, 1.82) is 10.7 Å². The van der Waals surface area contributed by atoms with Crippen molar-refractivity contribution < 1.29 is 9.47 Å². The lowest BCUT2D eigenvalue weighted by Gasteiger charge is -2.35. The van der Waals surface area contributed by atoms with E-state index in [4.69, 9.17) is 24.9 Å². The second-order valence-electron chi connectivity index (χ2n) is 11.0. The maximum absolute atomic E-state index is 9.78. The number of hydrogen-bond acceptors (Lipinski definition) is 11. The minimum atomic E-state index is 0.167. The molecule has 2 fully saturated rings. The molecule has 12 heteroatoms. The van der Waals surface area contributed by atoms with E-state index in [1.807, 2.05) is 24.4 Å². The molecule has 0 spiro atoms. The van der Waals surface area contributed by atoms with Crippen LogP contribution in [0.2, 0.25) is 0 Å². The summed E-state index contributed by atoms with van der Waals surface area (Å²) in [6, 6.07) is 10.2. The van der Waals surface area contributed by atoms with E-state index in [1.165, 1.54) is 12.6 Å². The number of pyridine rings is 2. The van der Waals surface area contributed by atoms with Gasteiger partial charge in [0.25, 0.3) is 0 Å². The second kappa shape index (κ2) is 13.6. The van der Waals surface area contributed by atoms with Crippen molar-refractivity contribution in [3.05, 3.63) is 72.1 Å². The van der Waals surface area contributed by atoms with E-state index in [0.717, 1.165) is 69.1 Å². The monoisotopic (exact) mass is 592 g/mol. The fourth-order valence-electron chi connectivity index (χ4n) is 5.63. The molecule has 0 saturated carbocycles. The van der Waals surface area contributed by atoms with Gasteiger partial charge in [0.1, 0.15) is 23.0 Å². The number of fused-ring (bicyclic) bond motifs is 1. The van der Waals surface area contributed by atoms with Gasteiger partial charge in [-0.15, -0.1) is 0 Å². The summed E-state index contributed by atoms with van der Waals surface area (Å²) < 4.78 is 12.6. The number of nitrogens with zero attached hydrogens (tertiary/aromatic N) is 8. The molecule has 6 heterocycles. The van der Waals surface area contributed by atoms with Gasteiger partial charge in [0, 0.05) is 87.9 Å². The fourth-order valence-corrected chi connectivity index (χ4v) is 5.63. The van der Waals surface area contributed by atoms with Crippen LogP contribution in [0.5, 0.6) is 5.88 Å². The Morgan fingerprint density at radius 3 is 2.70 bits per heavy atom. The van der Waals surface area contributed by atoms with Crippen LogP contribution in [0.4, 0.5) is 5.82 Å². The maximum atomic E-state index is 9.78. The fraction of sp³-hybridized carbons (Fsp3) is 0.375. The number of methoxy groups -OCH3 is 1. The number of allylic oxidation sites excluding steroid dienone is 1. The molecule has 2 aliphatic heterocycles. The van der Waals surface area contributed by atoms with Crippen molar-refractivity contribution in [3.8, 4) is 23.2 Å². The van der Waals surface area contributed by atoms with Crippen LogP contribution in [0.1, 0.15) is 36.1 Å². The molecule has 2 saturated heterocycles. The first kappa shape index (κ1) is 29.2. The molecule has 2 N–H and O–H groups in total. The van der Waals surface area contributed by atoms with Gasteiger partial charge < -0.3 is 25.1 Å². The Bertz CT molecular complexity index is 1650. The third kappa shape index (κ3) is 6.54. The Hall–Kier alpha value is -4.86. The van der Waals surface area contributed by atoms with Crippen molar-refractivity contribution in [3.63, 3.8) is 0 Å². The summed E-state index contributed by atoms with van der Waals surface area (Å²) in [6.45, 7) is 5.87. The molecule has 0 radical (unpaired) electrons. The summed E-state index contributed by atoms with van der Waals surface area (Å²) in [5.41, 5.74) is 4.74. The van der Waals surface area contributed by atoms with Gasteiger partial charge in [0.05, 0.1) is 37.0 Å². The number of piperazine rings is 1. The van der Waals surface area contributed by atoms with Crippen LogP contribution in [0.3, 0.4) is 0 Å². The molecule has 44 heavy (non-hydrogen) atoms. The third-order valence-corrected chi connectivity index (χ3v) is 8.08. The molecule has 2 aliphatic rings. The molecule has 1 atom stereocenters. The standard InChI is InChI=1S/C32H36N10O2/c1-43-30-8-5-23(16-37-30)21-40-9-11-41(12-10-40)29-7-6-24(18-36-29)31-32-26(15-34)19-38-42(32)22-28(39-31)25(14-33)17-35-20-27-4-2-3-13-44-27/h5-8,14,16-19,22,27,33,35H,2-4,9-13,20-21H2,1H3/b25-17+,33-14?. The zero-order chi connectivity index (χ0) is 30.3. The lowest BCUT2D eigenvalue weighted by atomic mass is 10.1. The van der Waals surface area contributed by atoms with Crippen LogP contribution < -0.4 is 15.0 Å². The van der Waals surface area contributed by atoms with Gasteiger partial charge in [-0.3, -0.25) is 4.90 Å². The summed E-state index contributed by atoms with van der Waals surface area (Å²) in [5, 5.41) is 25.6. The molecule has 226 valence electrons. The highest BCUT2D eigenvalue weighted by Gasteiger charge is 2.20. The first-order valence-corrected chi connectivity index (χ1v) is 14.9. The smallest absolute Gasteiger partial charge is 0.212 e. The third-order valence-electron chi connectivity index (χ3n) is 8.08. The highest BCUT2D eigenvalue weighted by Crippen LogP contribution is 2.28. The van der Waals surface area contributed by atoms with Crippen molar-refractivity contribution in [2.45, 2.75) is 31.9 Å². The van der Waals surface area contributed by atoms with E-state index >= 15 is 0 Å². The van der Waals surface area contributed by atoms with E-state index < -0.39 is 0 Å². The van der Waals surface area contributed by atoms with E-state index in [2.05, 4.69) is 37.3 Å². The van der Waals surface area contributed by atoms with Crippen molar-refractivity contribution in [1.82, 2.24) is 34.8 Å². The quantitative estimate of drug-likeness (QED) is 0.263. The zero-order valence-corrected chi connectivity index (χ0v) is 24.8. The molecule has 0 bridgehead atoms. The number of rotatable bonds is 10. The van der Waals surface area contributed by atoms with E-state index in [9.17, 15) is 5.26 Å². The summed E-state index contributed by atoms with van der Waals surface area (Å²) in [6.07, 6.45) is 13.5. The zero-order valence-electron chi connectivity index (χ0n) is 24.8. The normalized spacial score (nSPS) is 17.8. The molecule has 0 aromatic carbocycles. The number of aromatic nitrogens is 5. The Morgan fingerprint density at radius 2 is 2.02 bits per heavy atom. The minimum Gasteiger partial charge on any atom is -0.481 e. The van der Waals surface area contributed by atoms with Gasteiger partial charge in [0.2, 0.25) is 5.88 Å². The van der Waals surface area contributed by atoms with Gasteiger partial charge in [-0.1, -0.05) is 6.07 Å². The molecule has 1 unspecified atom stereocenters. The number of nitrogens with one attached hydrogen (secondary N) is 2. The predicted octanol–water partition coefficient (Wildman–Crippen LogP) is 3.54. The van der Waals surface area contributed by atoms with E-state index in [0.29, 0.717) is 40.5 Å². The average Bonchev–Trinajstić information content (AvgIpc) is 3.51. The van der Waals surface area contributed by atoms with Gasteiger partial charge in [0.15, 0.2) is 0 Å². The van der Waals surface area contributed by atoms with Gasteiger partial charge in [-0.05, 0) is 37.0 Å². The van der Waals surface area contributed by atoms with Crippen LogP contribution in [0, 0.1) is 16.7 Å². The second-order valence-corrected chi connectivity index (χ2v) is 11.0. The van der Waals surface area contributed by atoms with Crippen molar-refractivity contribution in [2.75, 3.05) is 51.3 Å². The number of ether oxygens (including phenoxy) is 2. The Balaban J connectivity index is 1.17. The van der Waals surface area contributed by atoms with Crippen LogP contribution in [-0.2, 0) is 11.3 Å². The summed E-state index contributed by atoms with van der Waals surface area (Å²) in [5.74, 6) is 1.52. The van der Waals surface area contributed by atoms with Crippen molar-refractivity contribution in [2.24, 2.45) is 0 Å². The number of hydrogen-bond donors (Lipinski definition) is 2. The summed E-state index contributed by atoms with van der Waals surface area (Å²) in [4.78, 5) is 18.7. The Labute approximate surface area is 256 Å². The molecule has 4 aromatic rings. The van der Waals surface area contributed by atoms with Crippen LogP contribution in [0.25, 0.3) is 22.3 Å². The average molecular weight is 593 g/mol. The first-order chi connectivity index (χ1) is 21.6. The summed E-state index contributed by atoms with van der Waals surface area (Å²) in [7, 11) is 1.62. The largest absolute Gasteiger partial charge is 0.481 e. The van der Waals surface area contributed by atoms with Crippen molar-refractivity contribution >= 4 is 23.1 Å². The lowest BCUT2D eigenvalue weighted by molar-refractivity contribution is 0.0188. The first-order valence-electron chi connectivity index (χ1n) is 14.9. The van der Waals surface area contributed by atoms with Gasteiger partial charge >= 0.3 is 0 Å². The van der Waals surface area contributed by atoms with Crippen LogP contribution >= 0.6 is 0 Å². The SMILES string of the molecule is COc1ccc(CN2CCN(c3ccc(-c4nc(/C(C=N)=C/NCC5CCCCO5)cn5ncc(C#N)c45)cn3)CC2)cn1. The molecule has 0 aliphatic carbocycles. The minimum absolute atomic E-state index is 0.167. The lowest BCUT2D eigenvalue weighted by Crippen LogP contribution is -2.46. The van der Waals surface area contributed by atoms with Gasteiger partial charge in [-0.25, -0.2) is 19.5 Å². The number of anilines is 1. The van der Waals surface area contributed by atoms with E-state index in [-0.39, 0.29) is 6.10 Å². The molecular weight excluding hydrogens is 556 g/mol. The predicted molar refractivity (Wildman–Crippen MR) is 168 cm³/mol. The highest BCUT2D eigenvalue weighted by atomic mass is 16.5. The molecular formula is C32H36N10O2. The van der Waals surface area contributed by atoms with Crippen LogP contribution in [0.15, 0.2) is 55.3 Å². The topological polar surface area (TPSA) is 141 Å².